The summed E-state index contributed by atoms with van der Waals surface area (Å²) < 4.78 is 42.4. The van der Waals surface area contributed by atoms with Crippen molar-refractivity contribution in [1.82, 2.24) is 0 Å². The van der Waals surface area contributed by atoms with Gasteiger partial charge in [0.05, 0.1) is 0 Å². The number of halogens is 2. The van der Waals surface area contributed by atoms with E-state index in [1.807, 2.05) is 32.7 Å². The van der Waals surface area contributed by atoms with Crippen molar-refractivity contribution in [2.75, 3.05) is 21.3 Å². The Morgan fingerprint density at radius 1 is 0.679 bits per heavy atom. The first-order valence-electron chi connectivity index (χ1n) is 8.60. The number of nitrogens with one attached hydrogen (secondary N) is 2. The second-order valence-electron chi connectivity index (χ2n) is 7.79. The predicted octanol–water partition coefficient (Wildman–Crippen LogP) is 6.82. The van der Waals surface area contributed by atoms with Crippen LogP contribution in [0.3, 0.4) is 0 Å². The van der Waals surface area contributed by atoms with Gasteiger partial charge in [0.15, 0.2) is 9.04 Å². The summed E-state index contributed by atoms with van der Waals surface area (Å²) in [5.74, 6) is 0. The standard InChI is InChI=1S/C7H22INO4Si3.C3H10INSi.C3H10OSi.CH4/c1-10-14(3,4)12-16(7,8-9)13-15(5,6)11-2;1-6(2,3)4-5;1-4-5(2)3;/h9H,1-7H3;5H,1-3H3;5H,1-3H3;1H4. The Morgan fingerprint density at radius 3 is 1.04 bits per heavy atom. The molecule has 0 radical (unpaired) electrons. The van der Waals surface area contributed by atoms with Crippen LogP contribution in [0.2, 0.25) is 65.5 Å². The molecule has 0 spiro atoms. The Hall–Kier alpha value is 1.94. The molecule has 28 heavy (non-hydrogen) atoms. The molecule has 0 aliphatic heterocycles. The Labute approximate surface area is 199 Å². The lowest BCUT2D eigenvalue weighted by Crippen LogP contribution is -2.52. The van der Waals surface area contributed by atoms with E-state index < -0.39 is 58.0 Å². The summed E-state index contributed by atoms with van der Waals surface area (Å²) in [6.45, 7) is 20.9. The van der Waals surface area contributed by atoms with Crippen LogP contribution in [0.4, 0.5) is 0 Å². The molecule has 0 aromatic carbocycles. The van der Waals surface area contributed by atoms with Crippen molar-refractivity contribution in [2.45, 2.75) is 72.9 Å². The van der Waals surface area contributed by atoms with E-state index >= 15 is 0 Å². The molecule has 0 unspecified atom stereocenters. The van der Waals surface area contributed by atoms with E-state index in [9.17, 15) is 0 Å². The summed E-state index contributed by atoms with van der Waals surface area (Å²) >= 11 is -0.979. The number of hydrogen-bond donors (Lipinski definition) is 2. The van der Waals surface area contributed by atoms with Crippen LogP contribution >= 0.6 is 40.5 Å². The fourth-order valence-electron chi connectivity index (χ4n) is 1.02. The van der Waals surface area contributed by atoms with Gasteiger partial charge in [0, 0.05) is 41.6 Å². The molecular formula is C14H46I2N2O5Si5. The van der Waals surface area contributed by atoms with Gasteiger partial charge in [0.25, 0.3) is 0 Å². The van der Waals surface area contributed by atoms with Gasteiger partial charge in [-0.2, -0.15) is 0 Å². The first-order chi connectivity index (χ1) is 11.9. The Kier molecular flexibility index (Phi) is 23.3. The third-order valence-corrected chi connectivity index (χ3v) is 25.2. The molecule has 0 bridgehead atoms. The topological polar surface area (TPSA) is 93.8 Å². The fourth-order valence-corrected chi connectivity index (χ4v) is 21.1. The molecule has 0 aliphatic rings. The van der Waals surface area contributed by atoms with Crippen LogP contribution in [0.15, 0.2) is 0 Å². The van der Waals surface area contributed by atoms with E-state index in [0.717, 1.165) is 0 Å². The van der Waals surface area contributed by atoms with Crippen molar-refractivity contribution >= 4 is 78.3 Å². The largest absolute Gasteiger partial charge is 0.424 e. The van der Waals surface area contributed by atoms with Gasteiger partial charge in [-0.05, 0) is 66.1 Å². The van der Waals surface area contributed by atoms with E-state index in [-0.39, 0.29) is 27.7 Å². The van der Waals surface area contributed by atoms with Crippen LogP contribution in [0.5, 0.6) is 0 Å². The van der Waals surface area contributed by atoms with Crippen LogP contribution in [-0.4, -0.2) is 59.1 Å². The van der Waals surface area contributed by atoms with Gasteiger partial charge in [0.2, 0.25) is 0 Å². The second kappa shape index (κ2) is 17.5. The molecule has 14 heteroatoms. The average molecular weight is 717 g/mol. The first kappa shape index (κ1) is 37.3. The molecule has 7 nitrogen and oxygen atoms in total. The zero-order valence-corrected chi connectivity index (χ0v) is 28.8. The Morgan fingerprint density at radius 2 is 0.929 bits per heavy atom. The lowest BCUT2D eigenvalue weighted by molar-refractivity contribution is 0.259. The molecule has 0 rings (SSSR count). The molecule has 2 N–H and O–H groups in total. The van der Waals surface area contributed by atoms with Crippen molar-refractivity contribution in [3.05, 3.63) is 0 Å². The highest BCUT2D eigenvalue weighted by atomic mass is 127. The minimum absolute atomic E-state index is 0. The van der Waals surface area contributed by atoms with Crippen molar-refractivity contribution < 1.29 is 21.5 Å². The van der Waals surface area contributed by atoms with Gasteiger partial charge in [-0.15, -0.1) is 0 Å². The fraction of sp³-hybridized carbons (Fsp3) is 1.00. The monoisotopic (exact) mass is 716 g/mol. The minimum Gasteiger partial charge on any atom is -0.424 e. The van der Waals surface area contributed by atoms with Crippen LogP contribution in [-0.2, 0) is 21.5 Å². The molecule has 0 aromatic heterocycles. The van der Waals surface area contributed by atoms with Gasteiger partial charge in [-0.3, -0.25) is 7.12 Å². The van der Waals surface area contributed by atoms with Crippen molar-refractivity contribution in [2.24, 2.45) is 0 Å². The summed E-state index contributed by atoms with van der Waals surface area (Å²) in [7, 11) is 0.150. The lowest BCUT2D eigenvalue weighted by Gasteiger charge is -2.35. The zero-order valence-electron chi connectivity index (χ0n) is 19.4. The maximum Gasteiger partial charge on any atom is 0.400 e. The van der Waals surface area contributed by atoms with Crippen molar-refractivity contribution in [3.8, 4) is 0 Å². The highest BCUT2D eigenvalue weighted by molar-refractivity contribution is 14.2. The molecule has 0 fully saturated rings. The van der Waals surface area contributed by atoms with E-state index in [1.54, 1.807) is 21.3 Å². The molecule has 0 aliphatic carbocycles. The summed E-state index contributed by atoms with van der Waals surface area (Å²) in [5.41, 5.74) is -0.855. The quantitative estimate of drug-likeness (QED) is 0.155. The maximum absolute atomic E-state index is 7.72. The van der Waals surface area contributed by atoms with E-state index in [2.05, 4.69) is 32.7 Å². The molecule has 0 amide bonds. The zero-order chi connectivity index (χ0) is 22.5. The molecule has 176 valence electrons. The highest BCUT2D eigenvalue weighted by Crippen LogP contribution is 2.29. The highest BCUT2D eigenvalue weighted by Gasteiger charge is 2.44. The van der Waals surface area contributed by atoms with Gasteiger partial charge in [-0.1, -0.05) is 27.1 Å². The molecule has 0 aromatic rings. The van der Waals surface area contributed by atoms with E-state index in [0.29, 0.717) is 0 Å². The van der Waals surface area contributed by atoms with Gasteiger partial charge in [-0.25, -0.2) is 0 Å². The minimum atomic E-state index is -2.39. The third-order valence-electron chi connectivity index (χ3n) is 2.77. The van der Waals surface area contributed by atoms with Gasteiger partial charge >= 0.3 is 23.2 Å². The normalized spacial score (nSPS) is 12.4. The van der Waals surface area contributed by atoms with E-state index in [1.165, 1.54) is 0 Å². The van der Waals surface area contributed by atoms with Crippen molar-refractivity contribution in [1.29, 1.82) is 7.12 Å². The molecule has 0 atom stereocenters. The lowest BCUT2D eigenvalue weighted by atomic mass is 11.8. The summed E-state index contributed by atoms with van der Waals surface area (Å²) in [6.07, 6.45) is 0. The Balaban J connectivity index is -0.000000198. The molecule has 0 saturated carbocycles. The predicted molar refractivity (Wildman–Crippen MR) is 152 cm³/mol. The average Bonchev–Trinajstić information content (AvgIpc) is 2.54. The van der Waals surface area contributed by atoms with Gasteiger partial charge < -0.3 is 21.5 Å². The van der Waals surface area contributed by atoms with Crippen LogP contribution in [0.25, 0.3) is 0 Å². The smallest absolute Gasteiger partial charge is 0.400 e. The second-order valence-corrected chi connectivity index (χ2v) is 43.4. The third kappa shape index (κ3) is 26.0. The van der Waals surface area contributed by atoms with Crippen LogP contribution < -0.4 is 0 Å². The molecular weight excluding hydrogens is 670 g/mol. The molecule has 0 saturated heterocycles. The van der Waals surface area contributed by atoms with Crippen LogP contribution in [0, 0.1) is 7.12 Å². The van der Waals surface area contributed by atoms with Crippen LogP contribution in [0.1, 0.15) is 7.43 Å². The SMILES string of the molecule is C.CO[SiH](C)C.CO[Si](C)(C)O[Si](C)(O[Si](C)(C)OC)I=N.C[Si](C)(C)I=N. The van der Waals surface area contributed by atoms with Crippen molar-refractivity contribution in [3.63, 3.8) is 0 Å². The summed E-state index contributed by atoms with van der Waals surface area (Å²) in [6, 6.07) is -2.39. The number of rotatable bonds is 9. The maximum atomic E-state index is 7.72. The Bertz CT molecular complexity index is 409. The number of hydrogen-bond acceptors (Lipinski definition) is 7. The molecule has 0 heterocycles. The summed E-state index contributed by atoms with van der Waals surface area (Å²) in [5, 5.41) is 0. The summed E-state index contributed by atoms with van der Waals surface area (Å²) in [4.78, 5) is 0. The van der Waals surface area contributed by atoms with Gasteiger partial charge in [0.1, 0.15) is 5.57 Å². The first-order valence-corrected chi connectivity index (χ1v) is 31.2. The van der Waals surface area contributed by atoms with E-state index in [4.69, 9.17) is 28.6 Å².